The van der Waals surface area contributed by atoms with E-state index in [0.717, 1.165) is 18.7 Å². The van der Waals surface area contributed by atoms with Crippen LogP contribution >= 0.6 is 11.3 Å². The van der Waals surface area contributed by atoms with Gasteiger partial charge in [0.05, 0.1) is 18.5 Å². The lowest BCUT2D eigenvalue weighted by molar-refractivity contribution is 0.417. The average Bonchev–Trinajstić information content (AvgIpc) is 2.84. The molecule has 0 saturated heterocycles. The van der Waals surface area contributed by atoms with Gasteiger partial charge in [-0.2, -0.15) is 11.3 Å². The van der Waals surface area contributed by atoms with Crippen LogP contribution in [0.5, 0.6) is 5.75 Å². The number of ether oxygens (including phenoxy) is 1. The zero-order valence-electron chi connectivity index (χ0n) is 9.77. The number of hydrogen-bond acceptors (Lipinski definition) is 4. The number of nitrogens with one attached hydrogen (secondary N) is 1. The van der Waals surface area contributed by atoms with Crippen LogP contribution in [-0.2, 0) is 6.42 Å². The van der Waals surface area contributed by atoms with E-state index in [-0.39, 0.29) is 0 Å². The monoisotopic (exact) mass is 248 g/mol. The van der Waals surface area contributed by atoms with Crippen molar-refractivity contribution in [1.82, 2.24) is 0 Å². The molecule has 0 fully saturated rings. The molecule has 0 aliphatic carbocycles. The molecule has 90 valence electrons. The Morgan fingerprint density at radius 2 is 2.24 bits per heavy atom. The predicted molar refractivity (Wildman–Crippen MR) is 73.9 cm³/mol. The molecule has 2 rings (SSSR count). The first-order chi connectivity index (χ1) is 8.31. The third-order valence-corrected chi connectivity index (χ3v) is 3.33. The van der Waals surface area contributed by atoms with E-state index in [1.54, 1.807) is 18.4 Å². The van der Waals surface area contributed by atoms with E-state index in [1.807, 2.05) is 18.2 Å². The zero-order valence-corrected chi connectivity index (χ0v) is 10.6. The Kier molecular flexibility index (Phi) is 3.88. The second-order valence-corrected chi connectivity index (χ2v) is 4.51. The second kappa shape index (κ2) is 5.59. The van der Waals surface area contributed by atoms with Crippen LogP contribution in [0.1, 0.15) is 5.56 Å². The summed E-state index contributed by atoms with van der Waals surface area (Å²) in [6, 6.07) is 7.90. The summed E-state index contributed by atoms with van der Waals surface area (Å²) in [5, 5.41) is 7.58. The Morgan fingerprint density at radius 1 is 1.35 bits per heavy atom. The standard InChI is InChI=1S/C13H16N2OS/c1-16-12-4-2-3-11(13(12)14)15-7-5-10-6-8-17-9-10/h2-4,6,8-9,15H,5,7,14H2,1H3. The minimum absolute atomic E-state index is 0.667. The minimum atomic E-state index is 0.667. The Morgan fingerprint density at radius 3 is 2.94 bits per heavy atom. The fraction of sp³-hybridized carbons (Fsp3) is 0.231. The number of nitrogens with two attached hydrogens (primary N) is 1. The van der Waals surface area contributed by atoms with Gasteiger partial charge in [0.1, 0.15) is 5.75 Å². The molecule has 1 heterocycles. The molecule has 0 unspecified atom stereocenters. The Labute approximate surface area is 105 Å². The summed E-state index contributed by atoms with van der Waals surface area (Å²) in [4.78, 5) is 0. The Hall–Kier alpha value is -1.68. The van der Waals surface area contributed by atoms with Gasteiger partial charge in [0.25, 0.3) is 0 Å². The van der Waals surface area contributed by atoms with Crippen LogP contribution in [0.2, 0.25) is 0 Å². The smallest absolute Gasteiger partial charge is 0.143 e. The molecule has 0 amide bonds. The number of nitrogen functional groups attached to an aromatic ring is 1. The van der Waals surface area contributed by atoms with Gasteiger partial charge in [0.15, 0.2) is 0 Å². The fourth-order valence-electron chi connectivity index (χ4n) is 1.65. The van der Waals surface area contributed by atoms with Gasteiger partial charge >= 0.3 is 0 Å². The highest BCUT2D eigenvalue weighted by Crippen LogP contribution is 2.28. The van der Waals surface area contributed by atoms with Crippen molar-refractivity contribution >= 4 is 22.7 Å². The molecule has 0 aliphatic rings. The number of thiophene rings is 1. The lowest BCUT2D eigenvalue weighted by Crippen LogP contribution is -2.07. The number of methoxy groups -OCH3 is 1. The first-order valence-electron chi connectivity index (χ1n) is 5.48. The molecule has 0 radical (unpaired) electrons. The van der Waals surface area contributed by atoms with Gasteiger partial charge in [-0.25, -0.2) is 0 Å². The van der Waals surface area contributed by atoms with Gasteiger partial charge in [-0.3, -0.25) is 0 Å². The van der Waals surface area contributed by atoms with Gasteiger partial charge in [0.2, 0.25) is 0 Å². The molecule has 0 atom stereocenters. The van der Waals surface area contributed by atoms with Gasteiger partial charge in [-0.05, 0) is 40.9 Å². The third kappa shape index (κ3) is 2.91. The molecule has 4 heteroatoms. The first-order valence-corrected chi connectivity index (χ1v) is 6.43. The van der Waals surface area contributed by atoms with Crippen LogP contribution in [0.15, 0.2) is 35.0 Å². The van der Waals surface area contributed by atoms with E-state index in [4.69, 9.17) is 10.5 Å². The maximum Gasteiger partial charge on any atom is 0.143 e. The Balaban J connectivity index is 1.95. The molecule has 2 aromatic rings. The summed E-state index contributed by atoms with van der Waals surface area (Å²) in [6.45, 7) is 0.869. The zero-order chi connectivity index (χ0) is 12.1. The van der Waals surface area contributed by atoms with Gasteiger partial charge in [-0.1, -0.05) is 6.07 Å². The van der Waals surface area contributed by atoms with Crippen LogP contribution in [0.3, 0.4) is 0 Å². The van der Waals surface area contributed by atoms with Crippen LogP contribution in [0, 0.1) is 0 Å². The highest BCUT2D eigenvalue weighted by atomic mass is 32.1. The van der Waals surface area contributed by atoms with E-state index < -0.39 is 0 Å². The lowest BCUT2D eigenvalue weighted by atomic mass is 10.2. The maximum absolute atomic E-state index is 5.97. The van der Waals surface area contributed by atoms with E-state index in [2.05, 4.69) is 22.1 Å². The summed E-state index contributed by atoms with van der Waals surface area (Å²) in [6.07, 6.45) is 1.00. The normalized spacial score (nSPS) is 10.2. The molecule has 1 aromatic carbocycles. The van der Waals surface area contributed by atoms with E-state index in [0.29, 0.717) is 11.4 Å². The van der Waals surface area contributed by atoms with Gasteiger partial charge in [0, 0.05) is 6.54 Å². The third-order valence-electron chi connectivity index (χ3n) is 2.60. The molecule has 0 saturated carbocycles. The van der Waals surface area contributed by atoms with Crippen molar-refractivity contribution in [2.24, 2.45) is 0 Å². The summed E-state index contributed by atoms with van der Waals surface area (Å²) in [5.74, 6) is 0.713. The number of benzene rings is 1. The highest BCUT2D eigenvalue weighted by Gasteiger charge is 2.04. The molecule has 1 aromatic heterocycles. The van der Waals surface area contributed by atoms with Crippen molar-refractivity contribution < 1.29 is 4.74 Å². The minimum Gasteiger partial charge on any atom is -0.495 e. The van der Waals surface area contributed by atoms with Crippen molar-refractivity contribution in [3.8, 4) is 5.75 Å². The Bertz CT molecular complexity index is 468. The van der Waals surface area contributed by atoms with E-state index >= 15 is 0 Å². The van der Waals surface area contributed by atoms with Gasteiger partial charge < -0.3 is 15.8 Å². The average molecular weight is 248 g/mol. The van der Waals surface area contributed by atoms with Crippen LogP contribution < -0.4 is 15.8 Å². The second-order valence-electron chi connectivity index (χ2n) is 3.73. The molecule has 0 spiro atoms. The van der Waals surface area contributed by atoms with E-state index in [9.17, 15) is 0 Å². The lowest BCUT2D eigenvalue weighted by Gasteiger charge is -2.11. The highest BCUT2D eigenvalue weighted by molar-refractivity contribution is 7.07. The molecule has 0 bridgehead atoms. The summed E-state index contributed by atoms with van der Waals surface area (Å²) < 4.78 is 5.17. The number of rotatable bonds is 5. The van der Waals surface area contributed by atoms with Crippen LogP contribution in [0.25, 0.3) is 0 Å². The molecule has 3 N–H and O–H groups in total. The van der Waals surface area contributed by atoms with Crippen molar-refractivity contribution in [2.75, 3.05) is 24.7 Å². The van der Waals surface area contributed by atoms with Crippen LogP contribution in [-0.4, -0.2) is 13.7 Å². The summed E-state index contributed by atoms with van der Waals surface area (Å²) in [5.41, 5.74) is 8.92. The molecular weight excluding hydrogens is 232 g/mol. The van der Waals surface area contributed by atoms with Gasteiger partial charge in [-0.15, -0.1) is 0 Å². The quantitative estimate of drug-likeness (QED) is 0.800. The molecule has 17 heavy (non-hydrogen) atoms. The summed E-state index contributed by atoms with van der Waals surface area (Å²) in [7, 11) is 1.63. The predicted octanol–water partition coefficient (Wildman–Crippen LogP) is 2.99. The first kappa shape index (κ1) is 11.8. The van der Waals surface area contributed by atoms with Crippen molar-refractivity contribution in [2.45, 2.75) is 6.42 Å². The van der Waals surface area contributed by atoms with Crippen molar-refractivity contribution in [3.63, 3.8) is 0 Å². The van der Waals surface area contributed by atoms with Crippen LogP contribution in [0.4, 0.5) is 11.4 Å². The molecule has 3 nitrogen and oxygen atoms in total. The topological polar surface area (TPSA) is 47.3 Å². The fourth-order valence-corrected chi connectivity index (χ4v) is 2.36. The molecular formula is C13H16N2OS. The number of anilines is 2. The SMILES string of the molecule is COc1cccc(NCCc2ccsc2)c1N. The largest absolute Gasteiger partial charge is 0.495 e. The maximum atomic E-state index is 5.97. The van der Waals surface area contributed by atoms with Crippen molar-refractivity contribution in [1.29, 1.82) is 0 Å². The molecule has 0 aliphatic heterocycles. The van der Waals surface area contributed by atoms with E-state index in [1.165, 1.54) is 5.56 Å². The summed E-state index contributed by atoms with van der Waals surface area (Å²) >= 11 is 1.72. The number of hydrogen-bond donors (Lipinski definition) is 2. The van der Waals surface area contributed by atoms with Crippen molar-refractivity contribution in [3.05, 3.63) is 40.6 Å². The number of para-hydroxylation sites is 1.